The molecule has 80 valence electrons. The van der Waals surface area contributed by atoms with E-state index in [-0.39, 0.29) is 0 Å². The third-order valence-electron chi connectivity index (χ3n) is 1.68. The first-order valence-corrected chi connectivity index (χ1v) is 5.30. The third kappa shape index (κ3) is 4.16. The monoisotopic (exact) mass is 275 g/mol. The van der Waals surface area contributed by atoms with Gasteiger partial charge in [0.25, 0.3) is 0 Å². The first-order valence-electron chi connectivity index (χ1n) is 4.51. The molecule has 0 spiro atoms. The molecule has 0 saturated carbocycles. The summed E-state index contributed by atoms with van der Waals surface area (Å²) in [5.41, 5.74) is 0.599. The number of nitrogens with zero attached hydrogens (tertiary/aromatic N) is 1. The van der Waals surface area contributed by atoms with Gasteiger partial charge in [-0.2, -0.15) is 5.26 Å². The van der Waals surface area contributed by atoms with E-state index in [9.17, 15) is 0 Å². The Morgan fingerprint density at radius 3 is 2.38 bits per heavy atom. The number of hydrogen-bond donors (Lipinski definition) is 0. The summed E-state index contributed by atoms with van der Waals surface area (Å²) in [6.07, 6.45) is 3.45. The van der Waals surface area contributed by atoms with Crippen LogP contribution in [0.2, 0.25) is 0 Å². The summed E-state index contributed by atoms with van der Waals surface area (Å²) in [6, 6.07) is 8.86. The number of hydrogen-bond acceptors (Lipinski definition) is 2. The van der Waals surface area contributed by atoms with Gasteiger partial charge in [-0.3, -0.25) is 0 Å². The van der Waals surface area contributed by atoms with Crippen LogP contribution in [0.3, 0.4) is 0 Å². The highest BCUT2D eigenvalue weighted by molar-refractivity contribution is 9.11. The first-order chi connectivity index (χ1) is 7.61. The topological polar surface area (TPSA) is 33.0 Å². The summed E-state index contributed by atoms with van der Waals surface area (Å²) in [4.78, 5) is 0. The minimum Gasteiger partial charge on any atom is -0.458 e. The fourth-order valence-corrected chi connectivity index (χ4v) is 1.10. The molecule has 16 heavy (non-hydrogen) atoms. The molecule has 0 aliphatic rings. The van der Waals surface area contributed by atoms with Gasteiger partial charge in [-0.25, -0.2) is 0 Å². The average Bonchev–Trinajstić information content (AvgIpc) is 2.27. The summed E-state index contributed by atoms with van der Waals surface area (Å²) in [5, 5.41) is 8.62. The Hall–Kier alpha value is -1.79. The van der Waals surface area contributed by atoms with Gasteiger partial charge < -0.3 is 4.74 Å². The lowest BCUT2D eigenvalue weighted by molar-refractivity contribution is 0.447. The van der Waals surface area contributed by atoms with Crippen LogP contribution in [-0.4, -0.2) is 0 Å². The second-order valence-corrected chi connectivity index (χ2v) is 4.00. The Morgan fingerprint density at radius 1 is 1.25 bits per heavy atom. The maximum absolute atomic E-state index is 8.62. The van der Waals surface area contributed by atoms with Crippen LogP contribution in [0.15, 0.2) is 59.8 Å². The van der Waals surface area contributed by atoms with Crippen molar-refractivity contribution >= 4 is 15.9 Å². The molecule has 0 bridgehead atoms. The molecule has 0 aliphatic heterocycles. The molecule has 0 unspecified atom stereocenters. The summed E-state index contributed by atoms with van der Waals surface area (Å²) < 4.78 is 6.16. The minimum absolute atomic E-state index is 0.505. The predicted octanol–water partition coefficient (Wildman–Crippen LogP) is 3.92. The lowest BCUT2D eigenvalue weighted by atomic mass is 10.2. The maximum Gasteiger partial charge on any atom is 0.127 e. The number of benzene rings is 1. The number of ether oxygens (including phenoxy) is 1. The Bertz CT molecular complexity index is 466. The van der Waals surface area contributed by atoms with Crippen LogP contribution in [-0.2, 0) is 0 Å². The fraction of sp³-hybridized carbons (Fsp3) is 0. The molecule has 2 nitrogen and oxygen atoms in total. The molecule has 0 aliphatic carbocycles. The Labute approximate surface area is 103 Å². The van der Waals surface area contributed by atoms with Crippen LogP contribution in [0.25, 0.3) is 0 Å². The number of halogens is 1. The van der Waals surface area contributed by atoms with Gasteiger partial charge in [0.1, 0.15) is 11.5 Å². The molecular formula is C13H10BrNO. The van der Waals surface area contributed by atoms with Crippen molar-refractivity contribution in [1.82, 2.24) is 0 Å². The van der Waals surface area contributed by atoms with Crippen LogP contribution in [0.1, 0.15) is 5.56 Å². The number of nitriles is 1. The largest absolute Gasteiger partial charge is 0.458 e. The molecule has 1 aromatic carbocycles. The molecule has 0 atom stereocenters. The van der Waals surface area contributed by atoms with Gasteiger partial charge in [0.15, 0.2) is 0 Å². The van der Waals surface area contributed by atoms with E-state index in [1.165, 1.54) is 0 Å². The Morgan fingerprint density at radius 2 is 1.88 bits per heavy atom. The first kappa shape index (κ1) is 12.3. The highest BCUT2D eigenvalue weighted by atomic mass is 79.9. The van der Waals surface area contributed by atoms with E-state index in [0.717, 1.165) is 4.48 Å². The predicted molar refractivity (Wildman–Crippen MR) is 68.1 cm³/mol. The minimum atomic E-state index is 0.505. The Kier molecular flexibility index (Phi) is 4.56. The molecule has 0 saturated heterocycles. The second kappa shape index (κ2) is 5.94. The quantitative estimate of drug-likeness (QED) is 0.617. The molecule has 3 heteroatoms. The van der Waals surface area contributed by atoms with E-state index >= 15 is 0 Å². The fourth-order valence-electron chi connectivity index (χ4n) is 0.966. The lowest BCUT2D eigenvalue weighted by Crippen LogP contribution is -1.90. The summed E-state index contributed by atoms with van der Waals surface area (Å²) in [5.74, 6) is 1.15. The van der Waals surface area contributed by atoms with E-state index in [4.69, 9.17) is 10.00 Å². The van der Waals surface area contributed by atoms with Crippen molar-refractivity contribution in [3.05, 3.63) is 65.4 Å². The summed E-state index contributed by atoms with van der Waals surface area (Å²) in [6.45, 7) is 7.38. The molecule has 0 amide bonds. The van der Waals surface area contributed by atoms with Crippen molar-refractivity contribution in [2.45, 2.75) is 0 Å². The second-order valence-electron chi connectivity index (χ2n) is 2.98. The lowest BCUT2D eigenvalue weighted by Gasteiger charge is -2.04. The van der Waals surface area contributed by atoms with Crippen molar-refractivity contribution in [3.8, 4) is 11.8 Å². The van der Waals surface area contributed by atoms with Gasteiger partial charge in [-0.15, -0.1) is 0 Å². The average molecular weight is 276 g/mol. The van der Waals surface area contributed by atoms with E-state index in [0.29, 0.717) is 17.1 Å². The molecule has 1 aromatic rings. The zero-order chi connectivity index (χ0) is 12.0. The van der Waals surface area contributed by atoms with Gasteiger partial charge in [0.05, 0.1) is 11.6 Å². The molecule has 0 radical (unpaired) electrons. The molecule has 0 heterocycles. The maximum atomic E-state index is 8.62. The number of rotatable bonds is 4. The zero-order valence-electron chi connectivity index (χ0n) is 8.61. The Balaban J connectivity index is 2.64. The normalized spacial score (nSPS) is 9.75. The molecule has 0 aromatic heterocycles. The smallest absolute Gasteiger partial charge is 0.127 e. The van der Waals surface area contributed by atoms with Gasteiger partial charge in [0, 0.05) is 4.48 Å². The highest BCUT2D eigenvalue weighted by Crippen LogP contribution is 2.15. The van der Waals surface area contributed by atoms with E-state index in [1.54, 1.807) is 36.4 Å². The molecule has 1 rings (SSSR count). The van der Waals surface area contributed by atoms with Gasteiger partial charge in [-0.1, -0.05) is 29.1 Å². The van der Waals surface area contributed by atoms with Crippen molar-refractivity contribution in [2.75, 3.05) is 0 Å². The van der Waals surface area contributed by atoms with Crippen LogP contribution in [0, 0.1) is 11.3 Å². The molecule has 0 N–H and O–H groups in total. The van der Waals surface area contributed by atoms with Gasteiger partial charge in [-0.05, 0) is 36.4 Å². The standard InChI is InChI=1S/C13H10BrNO/c1-10(14)3-4-11(2)16-13-7-5-12(9-15)6-8-13/h3-8H,1-2H2/b4-3-. The van der Waals surface area contributed by atoms with Crippen LogP contribution < -0.4 is 4.74 Å². The molecule has 0 fully saturated rings. The van der Waals surface area contributed by atoms with Gasteiger partial charge in [0.2, 0.25) is 0 Å². The van der Waals surface area contributed by atoms with Crippen molar-refractivity contribution in [1.29, 1.82) is 5.26 Å². The van der Waals surface area contributed by atoms with Gasteiger partial charge >= 0.3 is 0 Å². The van der Waals surface area contributed by atoms with Crippen LogP contribution in [0.5, 0.6) is 5.75 Å². The summed E-state index contributed by atoms with van der Waals surface area (Å²) in [7, 11) is 0. The highest BCUT2D eigenvalue weighted by Gasteiger charge is 1.95. The SMILES string of the molecule is C=C(Br)/C=C\C(=C)Oc1ccc(C#N)cc1. The zero-order valence-corrected chi connectivity index (χ0v) is 10.2. The van der Waals surface area contributed by atoms with E-state index < -0.39 is 0 Å². The van der Waals surface area contributed by atoms with E-state index in [1.807, 2.05) is 6.07 Å². The summed E-state index contributed by atoms with van der Waals surface area (Å²) >= 11 is 3.19. The van der Waals surface area contributed by atoms with Crippen LogP contribution >= 0.6 is 15.9 Å². The van der Waals surface area contributed by atoms with Crippen molar-refractivity contribution < 1.29 is 4.74 Å². The molecular weight excluding hydrogens is 266 g/mol. The van der Waals surface area contributed by atoms with E-state index in [2.05, 4.69) is 29.1 Å². The number of allylic oxidation sites excluding steroid dienone is 3. The third-order valence-corrected chi connectivity index (χ3v) is 1.95. The van der Waals surface area contributed by atoms with Crippen LogP contribution in [0.4, 0.5) is 0 Å². The van der Waals surface area contributed by atoms with Crippen molar-refractivity contribution in [3.63, 3.8) is 0 Å². The van der Waals surface area contributed by atoms with Crippen molar-refractivity contribution in [2.24, 2.45) is 0 Å².